The Balaban J connectivity index is 2.34. The zero-order valence-electron chi connectivity index (χ0n) is 6.60. The van der Waals surface area contributed by atoms with Gasteiger partial charge in [-0.25, -0.2) is 0 Å². The van der Waals surface area contributed by atoms with E-state index in [4.69, 9.17) is 0 Å². The Morgan fingerprint density at radius 1 is 1.58 bits per heavy atom. The Morgan fingerprint density at radius 2 is 2.50 bits per heavy atom. The second kappa shape index (κ2) is 2.77. The van der Waals surface area contributed by atoms with Crippen molar-refractivity contribution in [1.82, 2.24) is 20.6 Å². The van der Waals surface area contributed by atoms with Crippen molar-refractivity contribution in [2.45, 2.75) is 13.0 Å². The molecule has 62 valence electrons. The zero-order chi connectivity index (χ0) is 8.39. The van der Waals surface area contributed by atoms with Gasteiger partial charge in [0.05, 0.1) is 0 Å². The van der Waals surface area contributed by atoms with E-state index in [1.165, 1.54) is 0 Å². The lowest BCUT2D eigenvalue weighted by Gasteiger charge is -2.29. The van der Waals surface area contributed by atoms with Crippen LogP contribution in [0.4, 0.5) is 0 Å². The third kappa shape index (κ3) is 1.09. The molecule has 0 bridgehead atoms. The zero-order valence-corrected chi connectivity index (χ0v) is 6.60. The number of nitrogens with one attached hydrogen (secondary N) is 1. The smallest absolute Gasteiger partial charge is 0.199 e. The van der Waals surface area contributed by atoms with Crippen LogP contribution >= 0.6 is 0 Å². The van der Waals surface area contributed by atoms with Crippen LogP contribution in [0.5, 0.6) is 0 Å². The van der Waals surface area contributed by atoms with Gasteiger partial charge in [-0.2, -0.15) is 11.4 Å². The van der Waals surface area contributed by atoms with Gasteiger partial charge in [0.1, 0.15) is 0 Å². The summed E-state index contributed by atoms with van der Waals surface area (Å²) in [6, 6.07) is 0.118. The van der Waals surface area contributed by atoms with Gasteiger partial charge < -0.3 is 5.32 Å². The van der Waals surface area contributed by atoms with Crippen LogP contribution in [-0.4, -0.2) is 26.7 Å². The molecule has 0 saturated carbocycles. The highest BCUT2D eigenvalue weighted by molar-refractivity contribution is 5.69. The molecular formula is C7H8N5-. The van der Waals surface area contributed by atoms with Gasteiger partial charge in [-0.05, 0) is 10.8 Å². The molecule has 0 saturated heterocycles. The lowest BCUT2D eigenvalue weighted by molar-refractivity contribution is 0.881. The molecular weight excluding hydrogens is 154 g/mol. The first-order valence-electron chi connectivity index (χ1n) is 3.68. The van der Waals surface area contributed by atoms with E-state index in [0.717, 1.165) is 5.57 Å². The predicted molar refractivity (Wildman–Crippen MR) is 44.1 cm³/mol. The fourth-order valence-corrected chi connectivity index (χ4v) is 1.09. The maximum Gasteiger partial charge on any atom is 0.199 e. The summed E-state index contributed by atoms with van der Waals surface area (Å²) in [6.45, 7) is 1.99. The van der Waals surface area contributed by atoms with Crippen LogP contribution in [0.2, 0.25) is 0 Å². The number of allylic oxidation sites excluding steroid dienone is 2. The van der Waals surface area contributed by atoms with Crippen LogP contribution in [-0.2, 0) is 0 Å². The second-order valence-electron chi connectivity index (χ2n) is 2.52. The van der Waals surface area contributed by atoms with E-state index >= 15 is 0 Å². The van der Waals surface area contributed by atoms with Gasteiger partial charge in [0.25, 0.3) is 0 Å². The molecule has 0 aromatic carbocycles. The molecule has 5 nitrogen and oxygen atoms in total. The number of tetrazole rings is 1. The number of rotatable bonds is 1. The van der Waals surface area contributed by atoms with Gasteiger partial charge in [0.2, 0.25) is 0 Å². The van der Waals surface area contributed by atoms with E-state index in [1.54, 1.807) is 6.20 Å². The standard InChI is InChI=1S/C7H8N5/c1-5-6(3-2-4-8-5)7-9-11-12-10-7/h2-5H,1H3,(H,9,10,11,12)/q-1. The van der Waals surface area contributed by atoms with E-state index in [1.807, 2.05) is 19.1 Å². The third-order valence-electron chi connectivity index (χ3n) is 1.73. The SMILES string of the molecule is CC1[N-]C=CC=C1c1nn[nH]n1. The van der Waals surface area contributed by atoms with Crippen LogP contribution < -0.4 is 0 Å². The van der Waals surface area contributed by atoms with Gasteiger partial charge in [-0.3, -0.25) is 0 Å². The van der Waals surface area contributed by atoms with Gasteiger partial charge in [-0.1, -0.05) is 25.1 Å². The van der Waals surface area contributed by atoms with Crippen molar-refractivity contribution in [3.8, 4) is 0 Å². The van der Waals surface area contributed by atoms with Crippen molar-refractivity contribution < 1.29 is 0 Å². The number of nitrogens with zero attached hydrogens (tertiary/aromatic N) is 4. The Morgan fingerprint density at radius 3 is 3.17 bits per heavy atom. The topological polar surface area (TPSA) is 68.6 Å². The Labute approximate surface area is 69.6 Å². The molecule has 2 heterocycles. The normalized spacial score (nSPS) is 21.8. The van der Waals surface area contributed by atoms with E-state index in [2.05, 4.69) is 25.9 Å². The second-order valence-corrected chi connectivity index (χ2v) is 2.52. The molecule has 1 aromatic rings. The Hall–Kier alpha value is -1.65. The fraction of sp³-hybridized carbons (Fsp3) is 0.286. The van der Waals surface area contributed by atoms with Gasteiger partial charge in [0.15, 0.2) is 5.82 Å². The summed E-state index contributed by atoms with van der Waals surface area (Å²) in [6.07, 6.45) is 5.59. The summed E-state index contributed by atoms with van der Waals surface area (Å²) in [5.74, 6) is 0.621. The molecule has 1 aliphatic rings. The molecule has 12 heavy (non-hydrogen) atoms. The van der Waals surface area contributed by atoms with Crippen molar-refractivity contribution in [3.05, 3.63) is 29.5 Å². The molecule has 0 fully saturated rings. The molecule has 0 amide bonds. The van der Waals surface area contributed by atoms with Crippen molar-refractivity contribution in [1.29, 1.82) is 0 Å². The predicted octanol–water partition coefficient (Wildman–Crippen LogP) is 0.873. The highest BCUT2D eigenvalue weighted by Gasteiger charge is 2.08. The van der Waals surface area contributed by atoms with Crippen LogP contribution in [0.3, 0.4) is 0 Å². The number of hydrogen-bond donors (Lipinski definition) is 1. The first-order chi connectivity index (χ1) is 5.88. The number of H-pyrrole nitrogens is 1. The minimum absolute atomic E-state index is 0.118. The molecule has 0 aliphatic carbocycles. The Bertz CT molecular complexity index is 311. The highest BCUT2D eigenvalue weighted by Crippen LogP contribution is 2.23. The summed E-state index contributed by atoms with van der Waals surface area (Å²) >= 11 is 0. The quantitative estimate of drug-likeness (QED) is 0.666. The lowest BCUT2D eigenvalue weighted by atomic mass is 10.1. The van der Waals surface area contributed by atoms with Crippen LogP contribution in [0, 0.1) is 0 Å². The summed E-state index contributed by atoms with van der Waals surface area (Å²) < 4.78 is 0. The summed E-state index contributed by atoms with van der Waals surface area (Å²) in [7, 11) is 0. The van der Waals surface area contributed by atoms with Gasteiger partial charge in [0, 0.05) is 0 Å². The largest absolute Gasteiger partial charge is 0.684 e. The average molecular weight is 162 g/mol. The summed E-state index contributed by atoms with van der Waals surface area (Å²) in [5, 5.41) is 17.9. The van der Waals surface area contributed by atoms with Gasteiger partial charge in [-0.15, -0.1) is 10.2 Å². The summed E-state index contributed by atoms with van der Waals surface area (Å²) in [4.78, 5) is 0. The first-order valence-corrected chi connectivity index (χ1v) is 3.68. The van der Waals surface area contributed by atoms with Crippen molar-refractivity contribution >= 4 is 5.57 Å². The van der Waals surface area contributed by atoms with Crippen LogP contribution in [0.25, 0.3) is 10.9 Å². The van der Waals surface area contributed by atoms with E-state index in [9.17, 15) is 0 Å². The van der Waals surface area contributed by atoms with E-state index in [0.29, 0.717) is 5.82 Å². The molecule has 1 unspecified atom stereocenters. The number of hydrogen-bond acceptors (Lipinski definition) is 3. The number of aromatic nitrogens is 4. The van der Waals surface area contributed by atoms with Crippen LogP contribution in [0.1, 0.15) is 12.7 Å². The first kappa shape index (κ1) is 7.02. The molecule has 2 rings (SSSR count). The molecule has 1 atom stereocenters. The van der Waals surface area contributed by atoms with E-state index < -0.39 is 0 Å². The molecule has 0 spiro atoms. The molecule has 1 N–H and O–H groups in total. The van der Waals surface area contributed by atoms with Crippen molar-refractivity contribution in [2.24, 2.45) is 0 Å². The maximum absolute atomic E-state index is 4.20. The minimum Gasteiger partial charge on any atom is -0.684 e. The monoisotopic (exact) mass is 162 g/mol. The molecule has 1 aromatic heterocycles. The summed E-state index contributed by atoms with van der Waals surface area (Å²) in [5.41, 5.74) is 0.992. The fourth-order valence-electron chi connectivity index (χ4n) is 1.09. The minimum atomic E-state index is 0.118. The van der Waals surface area contributed by atoms with Crippen molar-refractivity contribution in [3.63, 3.8) is 0 Å². The van der Waals surface area contributed by atoms with Gasteiger partial charge >= 0.3 is 0 Å². The Kier molecular flexibility index (Phi) is 1.62. The third-order valence-corrected chi connectivity index (χ3v) is 1.73. The number of aromatic amines is 1. The average Bonchev–Trinajstić information content (AvgIpc) is 2.57. The molecule has 1 aliphatic heterocycles. The van der Waals surface area contributed by atoms with Crippen LogP contribution in [0.15, 0.2) is 18.4 Å². The maximum atomic E-state index is 4.20. The van der Waals surface area contributed by atoms with E-state index in [-0.39, 0.29) is 6.04 Å². The molecule has 0 radical (unpaired) electrons. The molecule has 5 heteroatoms. The highest BCUT2D eigenvalue weighted by atomic mass is 15.5. The van der Waals surface area contributed by atoms with Crippen molar-refractivity contribution in [2.75, 3.05) is 0 Å². The lowest BCUT2D eigenvalue weighted by Crippen LogP contribution is -2.06.